The van der Waals surface area contributed by atoms with Gasteiger partial charge in [-0.3, -0.25) is 0 Å². The van der Waals surface area contributed by atoms with Crippen molar-refractivity contribution < 1.29 is 5.11 Å². The van der Waals surface area contributed by atoms with Crippen LogP contribution < -0.4 is 5.32 Å². The highest BCUT2D eigenvalue weighted by Crippen LogP contribution is 2.18. The van der Waals surface area contributed by atoms with Crippen molar-refractivity contribution in [3.63, 3.8) is 0 Å². The summed E-state index contributed by atoms with van der Waals surface area (Å²) in [5.74, 6) is 0.538. The van der Waals surface area contributed by atoms with Crippen LogP contribution >= 0.6 is 0 Å². The minimum atomic E-state index is -0.412. The average molecular weight is 278 g/mol. The van der Waals surface area contributed by atoms with E-state index in [1.807, 2.05) is 12.1 Å². The maximum Gasteiger partial charge on any atom is 0.0914 e. The minimum Gasteiger partial charge on any atom is -0.387 e. The smallest absolute Gasteiger partial charge is 0.0914 e. The van der Waals surface area contributed by atoms with Crippen molar-refractivity contribution in [2.24, 2.45) is 0 Å². The summed E-state index contributed by atoms with van der Waals surface area (Å²) in [6.07, 6.45) is 1.93. The second-order valence-electron chi connectivity index (χ2n) is 6.05. The summed E-state index contributed by atoms with van der Waals surface area (Å²) in [7, 11) is 4.19. The van der Waals surface area contributed by atoms with Crippen molar-refractivity contribution in [1.29, 1.82) is 0 Å². The van der Waals surface area contributed by atoms with E-state index in [-0.39, 0.29) is 0 Å². The summed E-state index contributed by atoms with van der Waals surface area (Å²) in [5.41, 5.74) is 2.31. The number of aliphatic hydroxyl groups excluding tert-OH is 1. The molecule has 3 nitrogen and oxygen atoms in total. The monoisotopic (exact) mass is 278 g/mol. The van der Waals surface area contributed by atoms with E-state index in [1.54, 1.807) is 0 Å². The number of rotatable bonds is 9. The summed E-state index contributed by atoms with van der Waals surface area (Å²) < 4.78 is 0. The molecule has 0 saturated carbocycles. The molecular weight excluding hydrogens is 248 g/mol. The molecule has 0 heterocycles. The van der Waals surface area contributed by atoms with Crippen LogP contribution in [0.25, 0.3) is 0 Å². The predicted octanol–water partition coefficient (Wildman–Crippen LogP) is 2.77. The Balaban J connectivity index is 2.23. The van der Waals surface area contributed by atoms with Crippen LogP contribution in [-0.2, 0) is 0 Å². The number of hydrogen-bond donors (Lipinski definition) is 2. The molecule has 0 spiro atoms. The fourth-order valence-electron chi connectivity index (χ4n) is 2.14. The van der Waals surface area contributed by atoms with E-state index in [0.717, 1.165) is 25.1 Å². The second-order valence-corrected chi connectivity index (χ2v) is 6.05. The molecule has 2 N–H and O–H groups in total. The average Bonchev–Trinajstić information content (AvgIpc) is 2.42. The van der Waals surface area contributed by atoms with Crippen molar-refractivity contribution in [1.82, 2.24) is 10.2 Å². The van der Waals surface area contributed by atoms with Crippen LogP contribution in [0.1, 0.15) is 49.8 Å². The second kappa shape index (κ2) is 9.11. The maximum atomic E-state index is 10.1. The summed E-state index contributed by atoms with van der Waals surface area (Å²) in [4.78, 5) is 2.20. The Morgan fingerprint density at radius 2 is 1.65 bits per heavy atom. The summed E-state index contributed by atoms with van der Waals surface area (Å²) in [6.45, 7) is 7.08. The molecule has 0 radical (unpaired) electrons. The molecule has 0 aliphatic heterocycles. The van der Waals surface area contributed by atoms with E-state index in [1.165, 1.54) is 12.0 Å². The Bertz CT molecular complexity index is 360. The first-order valence-electron chi connectivity index (χ1n) is 7.64. The zero-order valence-electron chi connectivity index (χ0n) is 13.4. The van der Waals surface area contributed by atoms with Crippen LogP contribution in [0.15, 0.2) is 24.3 Å². The topological polar surface area (TPSA) is 35.5 Å². The van der Waals surface area contributed by atoms with Gasteiger partial charge in [0.05, 0.1) is 6.10 Å². The molecule has 1 unspecified atom stereocenters. The van der Waals surface area contributed by atoms with Crippen LogP contribution in [0, 0.1) is 0 Å². The molecule has 0 aromatic heterocycles. The number of benzene rings is 1. The van der Waals surface area contributed by atoms with Crippen molar-refractivity contribution in [2.75, 3.05) is 33.7 Å². The van der Waals surface area contributed by atoms with Crippen molar-refractivity contribution >= 4 is 0 Å². The van der Waals surface area contributed by atoms with Crippen LogP contribution in [0.5, 0.6) is 0 Å². The standard InChI is InChI=1S/C17H30N2O/c1-14(2)15-7-9-16(10-8-15)17(20)13-18-11-5-6-12-19(3)4/h7-10,14,17-18,20H,5-6,11-13H2,1-4H3. The van der Waals surface area contributed by atoms with Gasteiger partial charge in [-0.1, -0.05) is 38.1 Å². The molecule has 0 bridgehead atoms. The SMILES string of the molecule is CC(C)c1ccc(C(O)CNCCCCN(C)C)cc1. The third-order valence-corrected chi connectivity index (χ3v) is 3.53. The summed E-state index contributed by atoms with van der Waals surface area (Å²) >= 11 is 0. The largest absolute Gasteiger partial charge is 0.387 e. The molecule has 114 valence electrons. The fraction of sp³-hybridized carbons (Fsp3) is 0.647. The quantitative estimate of drug-likeness (QED) is 0.682. The van der Waals surface area contributed by atoms with Gasteiger partial charge in [-0.2, -0.15) is 0 Å². The molecule has 0 saturated heterocycles. The summed E-state index contributed by atoms with van der Waals surface area (Å²) in [6, 6.07) is 8.29. The van der Waals surface area contributed by atoms with Gasteiger partial charge in [-0.15, -0.1) is 0 Å². The van der Waals surface area contributed by atoms with E-state index >= 15 is 0 Å². The van der Waals surface area contributed by atoms with Crippen molar-refractivity contribution in [3.8, 4) is 0 Å². The van der Waals surface area contributed by atoms with Crippen LogP contribution in [0.2, 0.25) is 0 Å². The van der Waals surface area contributed by atoms with E-state index in [9.17, 15) is 5.11 Å². The van der Waals surface area contributed by atoms with Gasteiger partial charge in [0.1, 0.15) is 0 Å². The van der Waals surface area contributed by atoms with Crippen LogP contribution in [0.3, 0.4) is 0 Å². The van der Waals surface area contributed by atoms with Crippen molar-refractivity contribution in [3.05, 3.63) is 35.4 Å². The van der Waals surface area contributed by atoms with Gasteiger partial charge in [0.2, 0.25) is 0 Å². The Kier molecular flexibility index (Phi) is 7.82. The Hall–Kier alpha value is -0.900. The number of aliphatic hydroxyl groups is 1. The van der Waals surface area contributed by atoms with Crippen LogP contribution in [0.4, 0.5) is 0 Å². The highest BCUT2D eigenvalue weighted by molar-refractivity contribution is 5.26. The highest BCUT2D eigenvalue weighted by Gasteiger charge is 2.07. The molecular formula is C17H30N2O. The summed E-state index contributed by atoms with van der Waals surface area (Å²) in [5, 5.41) is 13.5. The number of unbranched alkanes of at least 4 members (excludes halogenated alkanes) is 1. The molecule has 3 heteroatoms. The number of nitrogens with one attached hydrogen (secondary N) is 1. The lowest BCUT2D eigenvalue weighted by atomic mass is 10.00. The molecule has 20 heavy (non-hydrogen) atoms. The molecule has 0 aliphatic rings. The Morgan fingerprint density at radius 1 is 1.05 bits per heavy atom. The molecule has 1 rings (SSSR count). The van der Waals surface area contributed by atoms with Gasteiger partial charge in [0.15, 0.2) is 0 Å². The van der Waals surface area contributed by atoms with Gasteiger partial charge in [-0.25, -0.2) is 0 Å². The van der Waals surface area contributed by atoms with E-state index < -0.39 is 6.10 Å². The van der Waals surface area contributed by atoms with Gasteiger partial charge >= 0.3 is 0 Å². The predicted molar refractivity (Wildman–Crippen MR) is 86.1 cm³/mol. The highest BCUT2D eigenvalue weighted by atomic mass is 16.3. The van der Waals surface area contributed by atoms with E-state index in [2.05, 4.69) is 50.3 Å². The van der Waals surface area contributed by atoms with Gasteiger partial charge < -0.3 is 15.3 Å². The lowest BCUT2D eigenvalue weighted by Crippen LogP contribution is -2.23. The number of nitrogens with zero attached hydrogens (tertiary/aromatic N) is 1. The lowest BCUT2D eigenvalue weighted by Gasteiger charge is -2.14. The molecule has 0 aliphatic carbocycles. The molecule has 1 aromatic rings. The Labute approximate surface area is 124 Å². The molecule has 1 aromatic carbocycles. The minimum absolute atomic E-state index is 0.412. The fourth-order valence-corrected chi connectivity index (χ4v) is 2.14. The third kappa shape index (κ3) is 6.51. The first-order chi connectivity index (χ1) is 9.50. The zero-order chi connectivity index (χ0) is 15.0. The lowest BCUT2D eigenvalue weighted by molar-refractivity contribution is 0.174. The third-order valence-electron chi connectivity index (χ3n) is 3.53. The van der Waals surface area contributed by atoms with Gasteiger partial charge in [0, 0.05) is 6.54 Å². The van der Waals surface area contributed by atoms with Crippen LogP contribution in [-0.4, -0.2) is 43.7 Å². The zero-order valence-corrected chi connectivity index (χ0v) is 13.4. The van der Waals surface area contributed by atoms with Gasteiger partial charge in [0.25, 0.3) is 0 Å². The van der Waals surface area contributed by atoms with Gasteiger partial charge in [-0.05, 0) is 57.1 Å². The van der Waals surface area contributed by atoms with E-state index in [4.69, 9.17) is 0 Å². The number of hydrogen-bond acceptors (Lipinski definition) is 3. The molecule has 0 fully saturated rings. The first kappa shape index (κ1) is 17.2. The first-order valence-corrected chi connectivity index (χ1v) is 7.64. The normalized spacial score (nSPS) is 13.2. The van der Waals surface area contributed by atoms with Crippen molar-refractivity contribution in [2.45, 2.75) is 38.7 Å². The van der Waals surface area contributed by atoms with E-state index in [0.29, 0.717) is 12.5 Å². The maximum absolute atomic E-state index is 10.1. The molecule has 0 amide bonds. The molecule has 1 atom stereocenters. The Morgan fingerprint density at radius 3 is 2.20 bits per heavy atom.